The zero-order valence-electron chi connectivity index (χ0n) is 14.6. The van der Waals surface area contributed by atoms with Gasteiger partial charge in [0.05, 0.1) is 46.7 Å². The van der Waals surface area contributed by atoms with Crippen LogP contribution in [-0.4, -0.2) is 35.9 Å². The Morgan fingerprint density at radius 2 is 2.11 bits per heavy atom. The van der Waals surface area contributed by atoms with Gasteiger partial charge in [-0.3, -0.25) is 0 Å². The third-order valence-electron chi connectivity index (χ3n) is 4.50. The van der Waals surface area contributed by atoms with Crippen LogP contribution in [0.15, 0.2) is 46.1 Å². The lowest BCUT2D eigenvalue weighted by Crippen LogP contribution is -2.33. The van der Waals surface area contributed by atoms with E-state index < -0.39 is 24.5 Å². The van der Waals surface area contributed by atoms with E-state index in [0.29, 0.717) is 26.9 Å². The number of allylic oxidation sites excluding steroid dienone is 1. The van der Waals surface area contributed by atoms with Crippen LogP contribution in [0.3, 0.4) is 0 Å². The summed E-state index contributed by atoms with van der Waals surface area (Å²) in [4.78, 5) is 24.5. The number of nitrogens with zero attached hydrogens (tertiary/aromatic N) is 1. The molecule has 1 aliphatic heterocycles. The zero-order valence-corrected chi connectivity index (χ0v) is 15.4. The van der Waals surface area contributed by atoms with Crippen molar-refractivity contribution >= 4 is 33.4 Å². The Kier molecular flexibility index (Phi) is 4.99. The molecule has 0 aliphatic carbocycles. The molecule has 3 N–H and O–H groups in total. The third kappa shape index (κ3) is 2.97. The highest BCUT2D eigenvalue weighted by Gasteiger charge is 2.39. The van der Waals surface area contributed by atoms with E-state index in [-0.39, 0.29) is 16.8 Å². The fourth-order valence-corrected chi connectivity index (χ4v) is 4.42. The lowest BCUT2D eigenvalue weighted by molar-refractivity contribution is -0.136. The number of rotatable bonds is 4. The second-order valence-corrected chi connectivity index (χ2v) is 6.81. The normalized spacial score (nSPS) is 16.9. The maximum atomic E-state index is 12.5. The van der Waals surface area contributed by atoms with Crippen molar-refractivity contribution in [3.05, 3.63) is 57.2 Å². The summed E-state index contributed by atoms with van der Waals surface area (Å²) in [5.74, 6) is -2.83. The lowest BCUT2D eigenvalue weighted by Gasteiger charge is -2.29. The number of carbonyl (C=O) groups is 2. The molecule has 0 spiro atoms. The van der Waals surface area contributed by atoms with Crippen molar-refractivity contribution in [2.45, 2.75) is 12.8 Å². The van der Waals surface area contributed by atoms with Gasteiger partial charge in [-0.05, 0) is 29.3 Å². The molecule has 1 atom stereocenters. The highest BCUT2D eigenvalue weighted by molar-refractivity contribution is 7.17. The molecule has 3 rings (SSSR count). The van der Waals surface area contributed by atoms with Crippen molar-refractivity contribution in [2.24, 2.45) is 0 Å². The number of thiophene rings is 1. The first-order chi connectivity index (χ1) is 12.9. The lowest BCUT2D eigenvalue weighted by atomic mass is 9.80. The molecule has 0 fully saturated rings. The first-order valence-corrected chi connectivity index (χ1v) is 8.86. The van der Waals surface area contributed by atoms with Crippen LogP contribution in [0.5, 0.6) is 0 Å². The summed E-state index contributed by atoms with van der Waals surface area (Å²) in [6.07, 6.45) is 0. The Labute approximate surface area is 158 Å². The van der Waals surface area contributed by atoms with Gasteiger partial charge in [0.2, 0.25) is 0 Å². The number of esters is 1. The smallest absolute Gasteiger partial charge is 0.336 e. The average Bonchev–Trinajstić information content (AvgIpc) is 3.09. The summed E-state index contributed by atoms with van der Waals surface area (Å²) in [5.41, 5.74) is 1.63. The van der Waals surface area contributed by atoms with Gasteiger partial charge in [-0.1, -0.05) is 12.1 Å². The van der Waals surface area contributed by atoms with Crippen LogP contribution in [0.25, 0.3) is 10.1 Å². The van der Waals surface area contributed by atoms with Gasteiger partial charge in [0.25, 0.3) is 0 Å². The fourth-order valence-electron chi connectivity index (χ4n) is 3.36. The molecule has 7 nitrogen and oxygen atoms in total. The van der Waals surface area contributed by atoms with Crippen LogP contribution < -0.4 is 5.32 Å². The highest BCUT2D eigenvalue weighted by Crippen LogP contribution is 2.44. The first kappa shape index (κ1) is 18.6. The fraction of sp³-hybridized carbons (Fsp3) is 0.211. The van der Waals surface area contributed by atoms with E-state index in [1.165, 1.54) is 18.4 Å². The maximum Gasteiger partial charge on any atom is 0.336 e. The third-order valence-corrected chi connectivity index (χ3v) is 5.55. The summed E-state index contributed by atoms with van der Waals surface area (Å²) in [6.45, 7) is 1.10. The Bertz CT molecular complexity index is 1060. The number of aliphatic hydroxyl groups is 1. The molecule has 1 aromatic heterocycles. The minimum absolute atomic E-state index is 0.00494. The number of carboxylic acids is 1. The summed E-state index contributed by atoms with van der Waals surface area (Å²) in [5, 5.41) is 34.1. The number of dihydropyridines is 1. The Morgan fingerprint density at radius 1 is 1.37 bits per heavy atom. The predicted octanol–water partition coefficient (Wildman–Crippen LogP) is 2.24. The van der Waals surface area contributed by atoms with Crippen molar-refractivity contribution in [2.75, 3.05) is 13.7 Å². The maximum absolute atomic E-state index is 12.5. The molecule has 1 unspecified atom stereocenters. The monoisotopic (exact) mass is 384 g/mol. The molecular weight excluding hydrogens is 368 g/mol. The van der Waals surface area contributed by atoms with Crippen molar-refractivity contribution < 1.29 is 24.5 Å². The van der Waals surface area contributed by atoms with Gasteiger partial charge in [0, 0.05) is 5.70 Å². The summed E-state index contributed by atoms with van der Waals surface area (Å²) in [6, 6.07) is 7.30. The molecule has 0 saturated heterocycles. The van der Waals surface area contributed by atoms with Crippen molar-refractivity contribution in [3.8, 4) is 6.07 Å². The van der Waals surface area contributed by atoms with Crippen LogP contribution >= 0.6 is 11.3 Å². The largest absolute Gasteiger partial charge is 0.478 e. The molecule has 0 radical (unpaired) electrons. The highest BCUT2D eigenvalue weighted by atomic mass is 32.1. The van der Waals surface area contributed by atoms with Crippen LogP contribution in [0, 0.1) is 11.3 Å². The first-order valence-electron chi connectivity index (χ1n) is 7.98. The van der Waals surface area contributed by atoms with Crippen molar-refractivity contribution in [1.82, 2.24) is 5.32 Å². The van der Waals surface area contributed by atoms with Gasteiger partial charge in [-0.2, -0.15) is 5.26 Å². The molecule has 2 heterocycles. The number of carbonyl (C=O) groups excluding carboxylic acids is 1. The van der Waals surface area contributed by atoms with E-state index in [2.05, 4.69) is 11.4 Å². The Hall–Kier alpha value is -3.15. The molecule has 1 aromatic carbocycles. The topological polar surface area (TPSA) is 120 Å². The molecule has 0 amide bonds. The van der Waals surface area contributed by atoms with E-state index >= 15 is 0 Å². The summed E-state index contributed by atoms with van der Waals surface area (Å²) >= 11 is 1.31. The van der Waals surface area contributed by atoms with Crippen LogP contribution in [0.2, 0.25) is 0 Å². The van der Waals surface area contributed by atoms with Crippen LogP contribution in [-0.2, 0) is 14.3 Å². The number of aliphatic hydroxyl groups excluding tert-OH is 1. The number of hydrogen-bond donors (Lipinski definition) is 3. The summed E-state index contributed by atoms with van der Waals surface area (Å²) < 4.78 is 5.57. The van der Waals surface area contributed by atoms with Gasteiger partial charge >= 0.3 is 11.9 Å². The van der Waals surface area contributed by atoms with Crippen molar-refractivity contribution in [3.63, 3.8) is 0 Å². The quantitative estimate of drug-likeness (QED) is 0.692. The van der Waals surface area contributed by atoms with Gasteiger partial charge in [-0.25, -0.2) is 9.59 Å². The standard InChI is InChI=1S/C19H16N2O5S/c1-9-14(18(23)24)15(16(19(25)26-2)13(7-22)21-9)12-8-27-17-10(6-20)4-3-5-11(12)17/h3-5,8,15,21-22H,7H2,1-2H3,(H,23,24). The van der Waals surface area contributed by atoms with Gasteiger partial charge < -0.3 is 20.3 Å². The molecule has 0 saturated carbocycles. The minimum atomic E-state index is -1.18. The van der Waals surface area contributed by atoms with Gasteiger partial charge in [-0.15, -0.1) is 11.3 Å². The molecule has 138 valence electrons. The Balaban J connectivity index is 2.35. The number of nitriles is 1. The van der Waals surface area contributed by atoms with E-state index in [1.54, 1.807) is 30.5 Å². The second-order valence-electron chi connectivity index (χ2n) is 5.93. The van der Waals surface area contributed by atoms with Crippen LogP contribution in [0.4, 0.5) is 0 Å². The van der Waals surface area contributed by atoms with Gasteiger partial charge in [0.1, 0.15) is 6.07 Å². The number of hydrogen-bond acceptors (Lipinski definition) is 7. The molecular formula is C19H16N2O5S. The van der Waals surface area contributed by atoms with Gasteiger partial charge in [0.15, 0.2) is 0 Å². The van der Waals surface area contributed by atoms with Crippen molar-refractivity contribution in [1.29, 1.82) is 5.26 Å². The number of carboxylic acid groups (broad SMARTS) is 1. The second kappa shape index (κ2) is 7.23. The predicted molar refractivity (Wildman–Crippen MR) is 98.9 cm³/mol. The van der Waals surface area contributed by atoms with E-state index in [9.17, 15) is 25.1 Å². The SMILES string of the molecule is COC(=O)C1=C(CO)NC(C)=C(C(=O)O)C1c1csc2c(C#N)cccc12. The van der Waals surface area contributed by atoms with E-state index in [4.69, 9.17) is 4.74 Å². The average molecular weight is 384 g/mol. The molecule has 1 aliphatic rings. The number of methoxy groups -OCH3 is 1. The molecule has 8 heteroatoms. The number of aliphatic carboxylic acids is 1. The minimum Gasteiger partial charge on any atom is -0.478 e. The summed E-state index contributed by atoms with van der Waals surface area (Å²) in [7, 11) is 1.20. The number of ether oxygens (including phenoxy) is 1. The number of fused-ring (bicyclic) bond motifs is 1. The molecule has 0 bridgehead atoms. The molecule has 2 aromatic rings. The number of nitrogens with one attached hydrogen (secondary N) is 1. The van der Waals surface area contributed by atoms with Crippen LogP contribution in [0.1, 0.15) is 24.0 Å². The van der Waals surface area contributed by atoms with E-state index in [1.807, 2.05) is 0 Å². The molecule has 27 heavy (non-hydrogen) atoms. The number of benzene rings is 1. The van der Waals surface area contributed by atoms with E-state index in [0.717, 1.165) is 0 Å². The zero-order chi connectivity index (χ0) is 19.7. The Morgan fingerprint density at radius 3 is 2.70 bits per heavy atom.